The zero-order chi connectivity index (χ0) is 9.42. The van der Waals surface area contributed by atoms with E-state index in [0.29, 0.717) is 4.83 Å². The second kappa shape index (κ2) is 3.26. The standard InChI is InChI=1S/C7H10BrN3O2/c8-3-1-4-5(9-2-3)6(12)11-7(13)10-4/h3-5,9H,1-2H2,(H2,10,11,12,13). The van der Waals surface area contributed by atoms with Gasteiger partial charge in [-0.25, -0.2) is 4.79 Å². The number of urea groups is 1. The van der Waals surface area contributed by atoms with Gasteiger partial charge in [-0.2, -0.15) is 0 Å². The highest BCUT2D eigenvalue weighted by molar-refractivity contribution is 9.09. The third-order valence-electron chi connectivity index (χ3n) is 2.31. The summed E-state index contributed by atoms with van der Waals surface area (Å²) in [6.45, 7) is 0.754. The van der Waals surface area contributed by atoms with Crippen molar-refractivity contribution in [2.24, 2.45) is 0 Å². The molecule has 0 aromatic heterocycles. The largest absolute Gasteiger partial charge is 0.333 e. The molecule has 0 aliphatic carbocycles. The number of carbonyl (C=O) groups excluding carboxylic acids is 2. The van der Waals surface area contributed by atoms with E-state index >= 15 is 0 Å². The van der Waals surface area contributed by atoms with E-state index in [1.54, 1.807) is 0 Å². The summed E-state index contributed by atoms with van der Waals surface area (Å²) in [4.78, 5) is 22.6. The van der Waals surface area contributed by atoms with Crippen molar-refractivity contribution in [3.63, 3.8) is 0 Å². The lowest BCUT2D eigenvalue weighted by Gasteiger charge is -2.37. The van der Waals surface area contributed by atoms with Crippen LogP contribution in [0.25, 0.3) is 0 Å². The van der Waals surface area contributed by atoms with Crippen molar-refractivity contribution in [2.75, 3.05) is 6.54 Å². The topological polar surface area (TPSA) is 70.2 Å². The van der Waals surface area contributed by atoms with E-state index in [0.717, 1.165) is 13.0 Å². The molecule has 3 N–H and O–H groups in total. The van der Waals surface area contributed by atoms with E-state index in [2.05, 4.69) is 31.9 Å². The quantitative estimate of drug-likeness (QED) is 0.497. The van der Waals surface area contributed by atoms with Crippen molar-refractivity contribution in [2.45, 2.75) is 23.3 Å². The van der Waals surface area contributed by atoms with Crippen molar-refractivity contribution < 1.29 is 9.59 Å². The Balaban J connectivity index is 2.10. The van der Waals surface area contributed by atoms with Crippen LogP contribution in [0.3, 0.4) is 0 Å². The zero-order valence-electron chi connectivity index (χ0n) is 6.84. The third kappa shape index (κ3) is 1.68. The maximum Gasteiger partial charge on any atom is 0.321 e. The summed E-state index contributed by atoms with van der Waals surface area (Å²) in [5, 5.41) is 8.01. The Bertz CT molecular complexity index is 258. The molecule has 2 aliphatic rings. The molecule has 0 saturated carbocycles. The number of rotatable bonds is 0. The van der Waals surface area contributed by atoms with Gasteiger partial charge in [0.2, 0.25) is 5.91 Å². The van der Waals surface area contributed by atoms with E-state index in [9.17, 15) is 9.59 Å². The van der Waals surface area contributed by atoms with Crippen molar-refractivity contribution in [1.82, 2.24) is 16.0 Å². The highest BCUT2D eigenvalue weighted by Gasteiger charge is 2.38. The first kappa shape index (κ1) is 8.96. The van der Waals surface area contributed by atoms with Crippen LogP contribution >= 0.6 is 15.9 Å². The van der Waals surface area contributed by atoms with Gasteiger partial charge in [0.25, 0.3) is 0 Å². The average molecular weight is 248 g/mol. The first-order valence-corrected chi connectivity index (χ1v) is 5.07. The van der Waals surface area contributed by atoms with Crippen molar-refractivity contribution in [1.29, 1.82) is 0 Å². The van der Waals surface area contributed by atoms with E-state index < -0.39 is 6.03 Å². The molecule has 13 heavy (non-hydrogen) atoms. The molecular formula is C7H10BrN3O2. The Labute approximate surface area is 83.8 Å². The Morgan fingerprint density at radius 1 is 1.38 bits per heavy atom. The number of fused-ring (bicyclic) bond motifs is 1. The molecule has 0 aromatic rings. The Kier molecular flexibility index (Phi) is 2.25. The van der Waals surface area contributed by atoms with Gasteiger partial charge in [-0.15, -0.1) is 0 Å². The number of hydrogen-bond donors (Lipinski definition) is 3. The van der Waals surface area contributed by atoms with Gasteiger partial charge >= 0.3 is 6.03 Å². The molecule has 0 aromatic carbocycles. The lowest BCUT2D eigenvalue weighted by atomic mass is 9.96. The molecule has 3 unspecified atom stereocenters. The van der Waals surface area contributed by atoms with Crippen molar-refractivity contribution >= 4 is 27.9 Å². The smallest absolute Gasteiger partial charge is 0.321 e. The van der Waals surface area contributed by atoms with Gasteiger partial charge in [0, 0.05) is 11.4 Å². The second-order valence-electron chi connectivity index (χ2n) is 3.29. The minimum atomic E-state index is -0.394. The Morgan fingerprint density at radius 3 is 2.92 bits per heavy atom. The number of imide groups is 1. The fourth-order valence-corrected chi connectivity index (χ4v) is 2.29. The lowest BCUT2D eigenvalue weighted by molar-refractivity contribution is -0.124. The monoisotopic (exact) mass is 247 g/mol. The number of halogens is 1. The molecule has 0 spiro atoms. The molecule has 3 atom stereocenters. The van der Waals surface area contributed by atoms with Crippen LogP contribution in [-0.2, 0) is 4.79 Å². The predicted molar refractivity (Wildman–Crippen MR) is 49.6 cm³/mol. The summed E-state index contributed by atoms with van der Waals surface area (Å²) >= 11 is 3.44. The summed E-state index contributed by atoms with van der Waals surface area (Å²) in [6, 6.07) is -0.750. The number of amides is 3. The van der Waals surface area contributed by atoms with E-state index in [-0.39, 0.29) is 18.0 Å². The SMILES string of the molecule is O=C1NC(=O)C2NCC(Br)CC2N1. The van der Waals surface area contributed by atoms with Crippen LogP contribution in [0.5, 0.6) is 0 Å². The maximum absolute atomic E-state index is 11.3. The van der Waals surface area contributed by atoms with Crippen LogP contribution in [0, 0.1) is 0 Å². The van der Waals surface area contributed by atoms with Crippen LogP contribution in [0.4, 0.5) is 4.79 Å². The van der Waals surface area contributed by atoms with E-state index in [1.807, 2.05) is 0 Å². The Morgan fingerprint density at radius 2 is 2.15 bits per heavy atom. The van der Waals surface area contributed by atoms with Crippen molar-refractivity contribution in [3.8, 4) is 0 Å². The van der Waals surface area contributed by atoms with Crippen LogP contribution in [0.2, 0.25) is 0 Å². The molecule has 2 saturated heterocycles. The van der Waals surface area contributed by atoms with Gasteiger partial charge in [0.1, 0.15) is 6.04 Å². The van der Waals surface area contributed by atoms with Gasteiger partial charge < -0.3 is 10.6 Å². The summed E-state index contributed by atoms with van der Waals surface area (Å²) < 4.78 is 0. The van der Waals surface area contributed by atoms with Gasteiger partial charge in [0.15, 0.2) is 0 Å². The summed E-state index contributed by atoms with van der Waals surface area (Å²) in [5.74, 6) is -0.229. The van der Waals surface area contributed by atoms with Gasteiger partial charge in [0.05, 0.1) is 6.04 Å². The first-order chi connectivity index (χ1) is 6.16. The summed E-state index contributed by atoms with van der Waals surface area (Å²) in [7, 11) is 0. The molecule has 2 rings (SSSR count). The van der Waals surface area contributed by atoms with Crippen LogP contribution < -0.4 is 16.0 Å². The number of carbonyl (C=O) groups is 2. The van der Waals surface area contributed by atoms with Crippen LogP contribution in [0.15, 0.2) is 0 Å². The number of nitrogens with one attached hydrogen (secondary N) is 3. The molecule has 6 heteroatoms. The van der Waals surface area contributed by atoms with Gasteiger partial charge in [-0.3, -0.25) is 10.1 Å². The summed E-state index contributed by atoms with van der Waals surface area (Å²) in [6.07, 6.45) is 0.789. The molecule has 2 aliphatic heterocycles. The Hall–Kier alpha value is -0.620. The molecule has 3 amide bonds. The molecule has 2 fully saturated rings. The summed E-state index contributed by atoms with van der Waals surface area (Å²) in [5.41, 5.74) is 0. The van der Waals surface area contributed by atoms with Crippen molar-refractivity contribution in [3.05, 3.63) is 0 Å². The fraction of sp³-hybridized carbons (Fsp3) is 0.714. The molecule has 72 valence electrons. The lowest BCUT2D eigenvalue weighted by Crippen LogP contribution is -2.68. The highest BCUT2D eigenvalue weighted by atomic mass is 79.9. The molecule has 5 nitrogen and oxygen atoms in total. The van der Waals surface area contributed by atoms with Crippen LogP contribution in [0.1, 0.15) is 6.42 Å². The zero-order valence-corrected chi connectivity index (χ0v) is 8.43. The van der Waals surface area contributed by atoms with E-state index in [4.69, 9.17) is 0 Å². The minimum Gasteiger partial charge on any atom is -0.333 e. The van der Waals surface area contributed by atoms with Crippen LogP contribution in [-0.4, -0.2) is 35.4 Å². The third-order valence-corrected chi connectivity index (χ3v) is 3.00. The fourth-order valence-electron chi connectivity index (χ4n) is 1.70. The second-order valence-corrected chi connectivity index (χ2v) is 4.58. The first-order valence-electron chi connectivity index (χ1n) is 4.15. The molecule has 0 bridgehead atoms. The molecular weight excluding hydrogens is 238 g/mol. The molecule has 0 radical (unpaired) electrons. The van der Waals surface area contributed by atoms with E-state index in [1.165, 1.54) is 0 Å². The number of alkyl halides is 1. The number of piperidine rings is 1. The predicted octanol–water partition coefficient (Wildman–Crippen LogP) is -0.680. The molecule has 2 heterocycles. The normalized spacial score (nSPS) is 39.0. The maximum atomic E-state index is 11.3. The highest BCUT2D eigenvalue weighted by Crippen LogP contribution is 2.17. The van der Waals surface area contributed by atoms with Gasteiger partial charge in [-0.05, 0) is 6.42 Å². The average Bonchev–Trinajstić information content (AvgIpc) is 2.02. The minimum absolute atomic E-state index is 0.0839. The number of hydrogen-bond acceptors (Lipinski definition) is 3. The van der Waals surface area contributed by atoms with Gasteiger partial charge in [-0.1, -0.05) is 15.9 Å².